The van der Waals surface area contributed by atoms with Gasteiger partial charge in [0.25, 0.3) is 0 Å². The third-order valence-electron chi connectivity index (χ3n) is 5.07. The molecule has 1 saturated carbocycles. The summed E-state index contributed by atoms with van der Waals surface area (Å²) in [6, 6.07) is 8.44. The van der Waals surface area contributed by atoms with Crippen LogP contribution in [0.2, 0.25) is 0 Å². The first-order valence-corrected chi connectivity index (χ1v) is 9.00. The van der Waals surface area contributed by atoms with Crippen LogP contribution in [0, 0.1) is 5.82 Å². The maximum atomic E-state index is 13.4. The number of likely N-dealkylation sites (tertiary alicyclic amines) is 1. The van der Waals surface area contributed by atoms with Gasteiger partial charge < -0.3 is 5.32 Å². The van der Waals surface area contributed by atoms with Crippen molar-refractivity contribution in [2.24, 2.45) is 0 Å². The molecule has 1 amide bonds. The van der Waals surface area contributed by atoms with Gasteiger partial charge in [0.2, 0.25) is 5.91 Å². The molecule has 1 aromatic heterocycles. The van der Waals surface area contributed by atoms with Crippen LogP contribution in [0.3, 0.4) is 0 Å². The lowest BCUT2D eigenvalue weighted by molar-refractivity contribution is -0.127. The van der Waals surface area contributed by atoms with E-state index in [1.807, 2.05) is 16.9 Å². The minimum Gasteiger partial charge on any atom is -0.352 e. The van der Waals surface area contributed by atoms with E-state index in [-0.39, 0.29) is 23.8 Å². The first-order chi connectivity index (χ1) is 12.2. The Morgan fingerprint density at radius 2 is 2.08 bits per heavy atom. The highest BCUT2D eigenvalue weighted by Gasteiger charge is 2.37. The van der Waals surface area contributed by atoms with Crippen LogP contribution < -0.4 is 5.32 Å². The Balaban J connectivity index is 1.59. The fourth-order valence-corrected chi connectivity index (χ4v) is 3.66. The Kier molecular flexibility index (Phi) is 4.53. The molecule has 0 unspecified atom stereocenters. The smallest absolute Gasteiger partial charge is 0.242 e. The van der Waals surface area contributed by atoms with Crippen LogP contribution in [0.1, 0.15) is 37.3 Å². The van der Waals surface area contributed by atoms with E-state index in [9.17, 15) is 9.18 Å². The summed E-state index contributed by atoms with van der Waals surface area (Å²) in [6.45, 7) is 1.63. The average molecular weight is 342 g/mol. The summed E-state index contributed by atoms with van der Waals surface area (Å²) in [5.74, 6) is -0.249. The number of amides is 1. The molecule has 1 aliphatic carbocycles. The highest BCUT2D eigenvalue weighted by Crippen LogP contribution is 2.32. The van der Waals surface area contributed by atoms with E-state index < -0.39 is 0 Å². The molecular formula is C19H23FN4O. The molecule has 6 heteroatoms. The minimum atomic E-state index is -0.371. The number of halogens is 1. The summed E-state index contributed by atoms with van der Waals surface area (Å²) >= 11 is 0. The molecule has 0 radical (unpaired) electrons. The van der Waals surface area contributed by atoms with Crippen molar-refractivity contribution in [1.29, 1.82) is 0 Å². The number of aromatic nitrogens is 2. The maximum Gasteiger partial charge on any atom is 0.242 e. The van der Waals surface area contributed by atoms with Gasteiger partial charge in [0.15, 0.2) is 0 Å². The monoisotopic (exact) mass is 342 g/mol. The zero-order valence-corrected chi connectivity index (χ0v) is 14.1. The van der Waals surface area contributed by atoms with Gasteiger partial charge in [-0.25, -0.2) is 4.39 Å². The molecule has 2 atom stereocenters. The molecular weight excluding hydrogens is 319 g/mol. The van der Waals surface area contributed by atoms with Crippen LogP contribution in [0.15, 0.2) is 42.7 Å². The second-order valence-electron chi connectivity index (χ2n) is 7.00. The normalized spacial score (nSPS) is 22.0. The van der Waals surface area contributed by atoms with E-state index in [2.05, 4.69) is 15.3 Å². The summed E-state index contributed by atoms with van der Waals surface area (Å²) in [4.78, 5) is 15.2. The lowest BCUT2D eigenvalue weighted by Crippen LogP contribution is -2.44. The molecule has 5 nitrogen and oxygen atoms in total. The molecule has 2 aromatic rings. The van der Waals surface area contributed by atoms with Crippen LogP contribution in [0.5, 0.6) is 0 Å². The van der Waals surface area contributed by atoms with E-state index in [1.165, 1.54) is 12.1 Å². The van der Waals surface area contributed by atoms with Gasteiger partial charge in [-0.1, -0.05) is 12.1 Å². The molecule has 2 heterocycles. The van der Waals surface area contributed by atoms with Crippen LogP contribution in [-0.4, -0.2) is 39.2 Å². The average Bonchev–Trinajstić information content (AvgIpc) is 3.08. The van der Waals surface area contributed by atoms with Crippen molar-refractivity contribution in [3.8, 4) is 0 Å². The Morgan fingerprint density at radius 3 is 2.76 bits per heavy atom. The second kappa shape index (κ2) is 6.96. The fourth-order valence-electron chi connectivity index (χ4n) is 3.66. The SMILES string of the molecule is O=C(NC1CC1)[C@@H](c1ccc(F)cc1)N1CCC[C@H]1Cn1cccn1. The molecule has 0 spiro atoms. The first kappa shape index (κ1) is 16.3. The number of carbonyl (C=O) groups excluding carboxylic acids is 1. The standard InChI is InChI=1S/C19H23FN4O/c20-15-6-4-14(5-7-15)18(19(25)22-16-8-9-16)24-12-1-3-17(24)13-23-11-2-10-21-23/h2,4-7,10-11,16-18H,1,3,8-9,12-13H2,(H,22,25)/t17-,18+/m0/s1. The highest BCUT2D eigenvalue weighted by molar-refractivity contribution is 5.83. The van der Waals surface area contributed by atoms with Crippen molar-refractivity contribution in [2.75, 3.05) is 6.54 Å². The molecule has 1 saturated heterocycles. The van der Waals surface area contributed by atoms with Crippen molar-refractivity contribution >= 4 is 5.91 Å². The molecule has 132 valence electrons. The maximum absolute atomic E-state index is 13.4. The van der Waals surface area contributed by atoms with Crippen molar-refractivity contribution in [3.63, 3.8) is 0 Å². The van der Waals surface area contributed by atoms with E-state index >= 15 is 0 Å². The van der Waals surface area contributed by atoms with Gasteiger partial charge in [0, 0.05) is 24.5 Å². The van der Waals surface area contributed by atoms with E-state index in [0.717, 1.165) is 44.3 Å². The molecule has 2 fully saturated rings. The third kappa shape index (κ3) is 3.74. The van der Waals surface area contributed by atoms with Gasteiger partial charge in [0.1, 0.15) is 11.9 Å². The molecule has 25 heavy (non-hydrogen) atoms. The number of benzene rings is 1. The van der Waals surface area contributed by atoms with Gasteiger partial charge in [-0.15, -0.1) is 0 Å². The van der Waals surface area contributed by atoms with Crippen molar-refractivity contribution in [2.45, 2.75) is 50.4 Å². The highest BCUT2D eigenvalue weighted by atomic mass is 19.1. The zero-order chi connectivity index (χ0) is 17.2. The van der Waals surface area contributed by atoms with Crippen LogP contribution >= 0.6 is 0 Å². The fraction of sp³-hybridized carbons (Fsp3) is 0.474. The predicted octanol–water partition coefficient (Wildman–Crippen LogP) is 2.51. The molecule has 1 aliphatic heterocycles. The number of nitrogens with one attached hydrogen (secondary N) is 1. The lowest BCUT2D eigenvalue weighted by atomic mass is 10.0. The van der Waals surface area contributed by atoms with Gasteiger partial charge in [0.05, 0.1) is 6.54 Å². The number of carbonyl (C=O) groups is 1. The van der Waals surface area contributed by atoms with Crippen molar-refractivity contribution < 1.29 is 9.18 Å². The predicted molar refractivity (Wildman–Crippen MR) is 92.3 cm³/mol. The first-order valence-electron chi connectivity index (χ1n) is 9.00. The number of hydrogen-bond donors (Lipinski definition) is 1. The number of rotatable bonds is 6. The minimum absolute atomic E-state index is 0.0291. The van der Waals surface area contributed by atoms with Gasteiger partial charge in [-0.2, -0.15) is 5.10 Å². The summed E-state index contributed by atoms with van der Waals surface area (Å²) < 4.78 is 15.3. The molecule has 2 aliphatic rings. The second-order valence-corrected chi connectivity index (χ2v) is 7.00. The zero-order valence-electron chi connectivity index (χ0n) is 14.1. The molecule has 4 rings (SSSR count). The summed E-state index contributed by atoms with van der Waals surface area (Å²) in [6.07, 6.45) is 7.93. The van der Waals surface area contributed by atoms with E-state index in [4.69, 9.17) is 0 Å². The Hall–Kier alpha value is -2.21. The Labute approximate surface area is 146 Å². The quantitative estimate of drug-likeness (QED) is 0.878. The van der Waals surface area contributed by atoms with Crippen LogP contribution in [-0.2, 0) is 11.3 Å². The van der Waals surface area contributed by atoms with Crippen LogP contribution in [0.4, 0.5) is 4.39 Å². The molecule has 0 bridgehead atoms. The lowest BCUT2D eigenvalue weighted by Gasteiger charge is -2.32. The van der Waals surface area contributed by atoms with E-state index in [1.54, 1.807) is 18.3 Å². The van der Waals surface area contributed by atoms with Crippen LogP contribution in [0.25, 0.3) is 0 Å². The van der Waals surface area contributed by atoms with Crippen molar-refractivity contribution in [1.82, 2.24) is 20.0 Å². The topological polar surface area (TPSA) is 50.2 Å². The van der Waals surface area contributed by atoms with Gasteiger partial charge >= 0.3 is 0 Å². The Morgan fingerprint density at radius 1 is 1.28 bits per heavy atom. The Bertz CT molecular complexity index is 712. The van der Waals surface area contributed by atoms with E-state index in [0.29, 0.717) is 6.04 Å². The molecule has 1 aromatic carbocycles. The number of hydrogen-bond acceptors (Lipinski definition) is 3. The summed E-state index contributed by atoms with van der Waals surface area (Å²) in [7, 11) is 0. The van der Waals surface area contributed by atoms with Gasteiger partial charge in [-0.3, -0.25) is 14.4 Å². The largest absolute Gasteiger partial charge is 0.352 e. The van der Waals surface area contributed by atoms with Crippen molar-refractivity contribution in [3.05, 3.63) is 54.1 Å². The van der Waals surface area contributed by atoms with Gasteiger partial charge in [-0.05, 0) is 56.0 Å². The number of nitrogens with zero attached hydrogens (tertiary/aromatic N) is 3. The summed E-state index contributed by atoms with van der Waals surface area (Å²) in [5.41, 5.74) is 0.854. The third-order valence-corrected chi connectivity index (χ3v) is 5.07. The molecule has 1 N–H and O–H groups in total. The summed E-state index contributed by atoms with van der Waals surface area (Å²) in [5, 5.41) is 7.43.